The van der Waals surface area contributed by atoms with Gasteiger partial charge in [0.1, 0.15) is 18.4 Å². The first kappa shape index (κ1) is 24.5. The fourth-order valence-corrected chi connectivity index (χ4v) is 4.55. The average Bonchev–Trinajstić information content (AvgIpc) is 2.71. The molecule has 30 heavy (non-hydrogen) atoms. The minimum atomic E-state index is -3.81. The summed E-state index contributed by atoms with van der Waals surface area (Å²) in [5.74, 6) is 0.969. The fourth-order valence-electron chi connectivity index (χ4n) is 2.67. The van der Waals surface area contributed by atoms with Gasteiger partial charge in [-0.25, -0.2) is 8.42 Å². The number of sulfonamides is 1. The van der Waals surface area contributed by atoms with E-state index >= 15 is 0 Å². The molecule has 1 amide bonds. The fraction of sp³-hybridized carbons (Fsp3) is 0.381. The number of nitrogens with zero attached hydrogens (tertiary/aromatic N) is 1. The van der Waals surface area contributed by atoms with Crippen LogP contribution in [0.25, 0.3) is 0 Å². The highest BCUT2D eigenvalue weighted by Gasteiger charge is 2.27. The monoisotopic (exact) mass is 470 g/mol. The Morgan fingerprint density at radius 3 is 2.57 bits per heavy atom. The third kappa shape index (κ3) is 7.50. The van der Waals surface area contributed by atoms with Crippen molar-refractivity contribution in [2.24, 2.45) is 0 Å². The zero-order valence-electron chi connectivity index (χ0n) is 17.3. The molecular formula is C21H27ClN2O4S2. The van der Waals surface area contributed by atoms with Gasteiger partial charge in [0, 0.05) is 12.1 Å². The smallest absolute Gasteiger partial charge is 0.241 e. The summed E-state index contributed by atoms with van der Waals surface area (Å²) in [6, 6.07) is 12.7. The topological polar surface area (TPSA) is 75.7 Å². The van der Waals surface area contributed by atoms with Crippen molar-refractivity contribution in [3.05, 3.63) is 59.1 Å². The quantitative estimate of drug-likeness (QED) is 0.543. The van der Waals surface area contributed by atoms with Gasteiger partial charge in [0.2, 0.25) is 15.9 Å². The van der Waals surface area contributed by atoms with Gasteiger partial charge in [0.05, 0.1) is 11.4 Å². The number of carbonyl (C=O) groups excluding carboxylic acids is 1. The zero-order valence-corrected chi connectivity index (χ0v) is 19.7. The number of aryl methyl sites for hydroxylation is 1. The lowest BCUT2D eigenvalue weighted by molar-refractivity contribution is -0.132. The number of amides is 1. The van der Waals surface area contributed by atoms with Crippen LogP contribution in [0.2, 0.25) is 5.02 Å². The number of benzene rings is 2. The van der Waals surface area contributed by atoms with Gasteiger partial charge >= 0.3 is 0 Å². The van der Waals surface area contributed by atoms with E-state index in [9.17, 15) is 13.2 Å². The van der Waals surface area contributed by atoms with Crippen molar-refractivity contribution in [1.82, 2.24) is 9.62 Å². The first-order valence-corrected chi connectivity index (χ1v) is 12.7. The number of hydrogen-bond acceptors (Lipinski definition) is 5. The Morgan fingerprint density at radius 1 is 1.23 bits per heavy atom. The van der Waals surface area contributed by atoms with Crippen LogP contribution in [0, 0.1) is 6.92 Å². The predicted octanol–water partition coefficient (Wildman–Crippen LogP) is 3.59. The van der Waals surface area contributed by atoms with E-state index in [1.54, 1.807) is 55.2 Å². The van der Waals surface area contributed by atoms with Crippen LogP contribution in [0.4, 0.5) is 0 Å². The molecule has 6 nitrogen and oxygen atoms in total. The molecule has 0 radical (unpaired) electrons. The number of nitrogens with one attached hydrogen (secondary N) is 1. The van der Waals surface area contributed by atoms with E-state index in [1.807, 2.05) is 13.2 Å². The Bertz CT molecular complexity index is 936. The molecule has 2 rings (SSSR count). The Hall–Kier alpha value is -1.74. The second-order valence-corrected chi connectivity index (χ2v) is 9.97. The molecule has 2 aromatic carbocycles. The summed E-state index contributed by atoms with van der Waals surface area (Å²) >= 11 is 7.49. The lowest BCUT2D eigenvalue weighted by Gasteiger charge is -2.24. The molecule has 0 bridgehead atoms. The molecule has 0 aliphatic heterocycles. The van der Waals surface area contributed by atoms with Gasteiger partial charge in [-0.3, -0.25) is 4.79 Å². The maximum absolute atomic E-state index is 12.9. The standard InChI is InChI=1S/C21H27ClN2O4S2/c1-16-7-9-19(10-8-16)30(26,27)23-20(11-14-29-3)21(25)24(2)12-13-28-18-6-4-5-17(22)15-18/h4-10,15,20,23H,11-14H2,1-3H3. The molecule has 1 atom stereocenters. The molecule has 1 unspecified atom stereocenters. The van der Waals surface area contributed by atoms with E-state index in [2.05, 4.69) is 4.72 Å². The van der Waals surface area contributed by atoms with Gasteiger partial charge < -0.3 is 9.64 Å². The number of hydrogen-bond donors (Lipinski definition) is 1. The van der Waals surface area contributed by atoms with Crippen LogP contribution < -0.4 is 9.46 Å². The molecule has 0 aromatic heterocycles. The minimum Gasteiger partial charge on any atom is -0.492 e. The molecule has 0 aliphatic carbocycles. The highest BCUT2D eigenvalue weighted by molar-refractivity contribution is 7.98. The van der Waals surface area contributed by atoms with Crippen LogP contribution in [0.15, 0.2) is 53.4 Å². The van der Waals surface area contributed by atoms with Crippen molar-refractivity contribution < 1.29 is 17.9 Å². The maximum Gasteiger partial charge on any atom is 0.241 e. The van der Waals surface area contributed by atoms with Crippen LogP contribution in [-0.2, 0) is 14.8 Å². The number of ether oxygens (including phenoxy) is 1. The summed E-state index contributed by atoms with van der Waals surface area (Å²) in [5, 5.41) is 0.569. The van der Waals surface area contributed by atoms with E-state index in [0.717, 1.165) is 5.56 Å². The first-order valence-electron chi connectivity index (χ1n) is 9.44. The number of likely N-dealkylation sites (N-methyl/N-ethyl adjacent to an activating group) is 1. The summed E-state index contributed by atoms with van der Waals surface area (Å²) in [4.78, 5) is 14.5. The van der Waals surface area contributed by atoms with Crippen molar-refractivity contribution in [1.29, 1.82) is 0 Å². The van der Waals surface area contributed by atoms with E-state index < -0.39 is 16.1 Å². The largest absolute Gasteiger partial charge is 0.492 e. The van der Waals surface area contributed by atoms with Gasteiger partial charge in [-0.05, 0) is 55.7 Å². The van der Waals surface area contributed by atoms with Crippen molar-refractivity contribution in [3.8, 4) is 5.75 Å². The predicted molar refractivity (Wildman–Crippen MR) is 123 cm³/mol. The average molecular weight is 471 g/mol. The van der Waals surface area contributed by atoms with Crippen molar-refractivity contribution in [3.63, 3.8) is 0 Å². The molecule has 0 spiro atoms. The summed E-state index contributed by atoms with van der Waals surface area (Å²) in [6.07, 6.45) is 2.31. The number of thioether (sulfide) groups is 1. The number of halogens is 1. The van der Waals surface area contributed by atoms with Crippen molar-refractivity contribution in [2.75, 3.05) is 32.2 Å². The van der Waals surface area contributed by atoms with Crippen LogP contribution in [0.5, 0.6) is 5.75 Å². The summed E-state index contributed by atoms with van der Waals surface area (Å²) < 4.78 is 33.7. The summed E-state index contributed by atoms with van der Waals surface area (Å²) in [7, 11) is -2.17. The highest BCUT2D eigenvalue weighted by atomic mass is 35.5. The van der Waals surface area contributed by atoms with Crippen molar-refractivity contribution >= 4 is 39.3 Å². The summed E-state index contributed by atoms with van der Waals surface area (Å²) in [6.45, 7) is 2.46. The third-order valence-corrected chi connectivity index (χ3v) is 6.77. The summed E-state index contributed by atoms with van der Waals surface area (Å²) in [5.41, 5.74) is 0.961. The van der Waals surface area contributed by atoms with Gasteiger partial charge in [-0.1, -0.05) is 35.4 Å². The van der Waals surface area contributed by atoms with Gasteiger partial charge in [0.15, 0.2) is 0 Å². The van der Waals surface area contributed by atoms with Crippen LogP contribution in [0.3, 0.4) is 0 Å². The minimum absolute atomic E-state index is 0.141. The number of rotatable bonds is 11. The molecule has 2 aromatic rings. The van der Waals surface area contributed by atoms with E-state index in [4.69, 9.17) is 16.3 Å². The van der Waals surface area contributed by atoms with E-state index in [0.29, 0.717) is 29.5 Å². The Labute approximate surface area is 188 Å². The van der Waals surface area contributed by atoms with E-state index in [1.165, 1.54) is 17.0 Å². The van der Waals surface area contributed by atoms with Gasteiger partial charge in [-0.15, -0.1) is 0 Å². The molecule has 1 N–H and O–H groups in total. The highest BCUT2D eigenvalue weighted by Crippen LogP contribution is 2.17. The number of carbonyl (C=O) groups is 1. The second kappa shape index (κ2) is 11.6. The SMILES string of the molecule is CSCCC(NS(=O)(=O)c1ccc(C)cc1)C(=O)N(C)CCOc1cccc(Cl)c1. The van der Waals surface area contributed by atoms with Crippen LogP contribution in [-0.4, -0.2) is 57.5 Å². The molecule has 9 heteroatoms. The molecule has 0 saturated heterocycles. The second-order valence-electron chi connectivity index (χ2n) is 6.83. The molecule has 0 saturated carbocycles. The molecule has 0 heterocycles. The van der Waals surface area contributed by atoms with Crippen molar-refractivity contribution in [2.45, 2.75) is 24.3 Å². The lowest BCUT2D eigenvalue weighted by atomic mass is 10.2. The van der Waals surface area contributed by atoms with E-state index in [-0.39, 0.29) is 17.4 Å². The Kier molecular flexibility index (Phi) is 9.48. The third-order valence-electron chi connectivity index (χ3n) is 4.41. The maximum atomic E-state index is 12.9. The zero-order chi connectivity index (χ0) is 22.1. The van der Waals surface area contributed by atoms with Crippen LogP contribution >= 0.6 is 23.4 Å². The molecule has 0 fully saturated rings. The lowest BCUT2D eigenvalue weighted by Crippen LogP contribution is -2.48. The molecule has 0 aliphatic rings. The Balaban J connectivity index is 2.01. The van der Waals surface area contributed by atoms with Gasteiger partial charge in [-0.2, -0.15) is 16.5 Å². The van der Waals surface area contributed by atoms with Gasteiger partial charge in [0.25, 0.3) is 0 Å². The molecule has 164 valence electrons. The normalized spacial score (nSPS) is 12.4. The molecular weight excluding hydrogens is 444 g/mol. The first-order chi connectivity index (χ1) is 14.2. The Morgan fingerprint density at radius 2 is 1.93 bits per heavy atom. The van der Waals surface area contributed by atoms with Crippen LogP contribution in [0.1, 0.15) is 12.0 Å².